The Balaban J connectivity index is 2.00. The molecule has 26 heavy (non-hydrogen) atoms. The summed E-state index contributed by atoms with van der Waals surface area (Å²) < 4.78 is 5.41. The number of nitrogens with two attached hydrogens (primary N) is 1. The van der Waals surface area contributed by atoms with Crippen LogP contribution in [0.15, 0.2) is 59.1 Å². The molecule has 1 aromatic carbocycles. The number of nitrogens with one attached hydrogen (secondary N) is 1. The fourth-order valence-corrected chi connectivity index (χ4v) is 2.77. The highest BCUT2D eigenvalue weighted by Gasteiger charge is 2.23. The van der Waals surface area contributed by atoms with Crippen molar-refractivity contribution in [2.45, 2.75) is 13.8 Å². The van der Waals surface area contributed by atoms with E-state index in [0.29, 0.717) is 22.8 Å². The van der Waals surface area contributed by atoms with Gasteiger partial charge < -0.3 is 10.1 Å². The lowest BCUT2D eigenvalue weighted by molar-refractivity contribution is -0.113. The molecule has 0 bridgehead atoms. The number of rotatable bonds is 4. The van der Waals surface area contributed by atoms with Crippen LogP contribution in [0.1, 0.15) is 13.8 Å². The molecule has 3 rings (SSSR count). The predicted octanol–water partition coefficient (Wildman–Crippen LogP) is 2.82. The fourth-order valence-electron chi connectivity index (χ4n) is 2.77. The van der Waals surface area contributed by atoms with E-state index in [1.807, 2.05) is 32.0 Å². The molecule has 0 spiro atoms. The van der Waals surface area contributed by atoms with Gasteiger partial charge >= 0.3 is 0 Å². The lowest BCUT2D eigenvalue weighted by Crippen LogP contribution is -2.31. The van der Waals surface area contributed by atoms with E-state index >= 15 is 0 Å². The number of hydrogen-bond acceptors (Lipinski definition) is 6. The van der Waals surface area contributed by atoms with Crippen LogP contribution in [0, 0.1) is 5.92 Å². The Morgan fingerprint density at radius 2 is 2.15 bits per heavy atom. The number of nitrogens with zero attached hydrogens (tertiary/aromatic N) is 3. The van der Waals surface area contributed by atoms with Gasteiger partial charge in [0.1, 0.15) is 5.75 Å². The number of benzene rings is 1. The Kier molecular flexibility index (Phi) is 4.99. The summed E-state index contributed by atoms with van der Waals surface area (Å²) >= 11 is 0. The summed E-state index contributed by atoms with van der Waals surface area (Å²) in [6.45, 7) is 3.84. The maximum absolute atomic E-state index is 13.0. The quantitative estimate of drug-likeness (QED) is 0.653. The Labute approximate surface area is 151 Å². The Morgan fingerprint density at radius 3 is 2.85 bits per heavy atom. The zero-order valence-corrected chi connectivity index (χ0v) is 14.9. The van der Waals surface area contributed by atoms with Gasteiger partial charge in [-0.15, -0.1) is 0 Å². The number of hydrazine groups is 1. The molecule has 1 aliphatic rings. The van der Waals surface area contributed by atoms with Crippen LogP contribution < -0.4 is 15.9 Å². The summed E-state index contributed by atoms with van der Waals surface area (Å²) in [5.41, 5.74) is 1.84. The van der Waals surface area contributed by atoms with Crippen LogP contribution in [0.5, 0.6) is 5.75 Å². The maximum Gasteiger partial charge on any atom is 0.255 e. The van der Waals surface area contributed by atoms with Crippen molar-refractivity contribution in [2.75, 3.05) is 12.4 Å². The second kappa shape index (κ2) is 7.37. The molecule has 1 aliphatic heterocycles. The predicted molar refractivity (Wildman–Crippen MR) is 102 cm³/mol. The number of fused-ring (bicyclic) bond motifs is 1. The van der Waals surface area contributed by atoms with Crippen molar-refractivity contribution in [3.63, 3.8) is 0 Å². The van der Waals surface area contributed by atoms with Gasteiger partial charge in [0, 0.05) is 30.1 Å². The molecule has 0 fully saturated rings. The van der Waals surface area contributed by atoms with Gasteiger partial charge in [0.2, 0.25) is 0 Å². The molecule has 3 N–H and O–H groups in total. The zero-order valence-electron chi connectivity index (χ0n) is 14.9. The van der Waals surface area contributed by atoms with Crippen LogP contribution in [0.25, 0.3) is 10.9 Å². The van der Waals surface area contributed by atoms with Crippen LogP contribution in [-0.2, 0) is 4.79 Å². The molecule has 1 aromatic heterocycles. The number of hydrogen-bond donors (Lipinski definition) is 2. The third kappa shape index (κ3) is 3.43. The zero-order chi connectivity index (χ0) is 18.7. The van der Waals surface area contributed by atoms with E-state index in [9.17, 15) is 4.79 Å². The third-order valence-corrected chi connectivity index (χ3v) is 4.01. The summed E-state index contributed by atoms with van der Waals surface area (Å²) in [5, 5.41) is 5.17. The first-order valence-electron chi connectivity index (χ1n) is 8.24. The van der Waals surface area contributed by atoms with Gasteiger partial charge in [0.15, 0.2) is 5.82 Å². The number of allylic oxidation sites excluding steroid dienone is 1. The number of pyridine rings is 1. The molecular formula is C19H21N5O2. The van der Waals surface area contributed by atoms with Gasteiger partial charge in [0.05, 0.1) is 23.9 Å². The van der Waals surface area contributed by atoms with Crippen LogP contribution >= 0.6 is 0 Å². The van der Waals surface area contributed by atoms with E-state index in [2.05, 4.69) is 15.3 Å². The number of anilines is 1. The Bertz CT molecular complexity index is 931. The number of carbonyl (C=O) groups is 1. The van der Waals surface area contributed by atoms with Gasteiger partial charge in [-0.25, -0.2) is 10.8 Å². The maximum atomic E-state index is 13.0. The summed E-state index contributed by atoms with van der Waals surface area (Å²) in [5.74, 6) is 6.54. The standard InChI is InChI=1S/C19H21N5O2/c1-12(2)17(18-22-8-5-9-24(18)20)19(25)23-15-10-13-6-4-7-21-14(13)11-16(15)26-3/h4-12H,20H2,1-3H3,(H,23,25)/b18-17+. The minimum atomic E-state index is -0.278. The minimum absolute atomic E-state index is 0.0761. The van der Waals surface area contributed by atoms with Crippen LogP contribution in [0.3, 0.4) is 0 Å². The fraction of sp³-hybridized carbons (Fsp3) is 0.211. The van der Waals surface area contributed by atoms with E-state index in [0.717, 1.165) is 10.9 Å². The first-order valence-corrected chi connectivity index (χ1v) is 8.24. The molecule has 0 saturated carbocycles. The van der Waals surface area contributed by atoms with Gasteiger partial charge in [-0.1, -0.05) is 19.9 Å². The molecule has 2 aromatic rings. The normalized spacial score (nSPS) is 15.5. The molecule has 134 valence electrons. The summed E-state index contributed by atoms with van der Waals surface area (Å²) in [7, 11) is 1.55. The molecule has 0 atom stereocenters. The van der Waals surface area contributed by atoms with Gasteiger partial charge in [-0.2, -0.15) is 0 Å². The lowest BCUT2D eigenvalue weighted by atomic mass is 10.0. The number of methoxy groups -OCH3 is 1. The topological polar surface area (TPSA) is 92.8 Å². The first kappa shape index (κ1) is 17.6. The van der Waals surface area contributed by atoms with E-state index in [-0.39, 0.29) is 11.8 Å². The highest BCUT2D eigenvalue weighted by atomic mass is 16.5. The van der Waals surface area contributed by atoms with Crippen molar-refractivity contribution < 1.29 is 9.53 Å². The van der Waals surface area contributed by atoms with Gasteiger partial charge in [0.25, 0.3) is 5.91 Å². The number of aromatic nitrogens is 1. The van der Waals surface area contributed by atoms with E-state index in [1.54, 1.807) is 37.9 Å². The molecule has 0 aliphatic carbocycles. The molecule has 0 saturated heterocycles. The largest absolute Gasteiger partial charge is 0.494 e. The molecule has 7 heteroatoms. The van der Waals surface area contributed by atoms with Crippen molar-refractivity contribution >= 4 is 28.7 Å². The molecule has 0 unspecified atom stereocenters. The number of amides is 1. The minimum Gasteiger partial charge on any atom is -0.494 e. The van der Waals surface area contributed by atoms with Crippen LogP contribution in [0.4, 0.5) is 5.69 Å². The second-order valence-electron chi connectivity index (χ2n) is 6.12. The Hall–Kier alpha value is -3.19. The van der Waals surface area contributed by atoms with Crippen molar-refractivity contribution in [3.05, 3.63) is 54.1 Å². The molecule has 2 heterocycles. The van der Waals surface area contributed by atoms with E-state index < -0.39 is 0 Å². The SMILES string of the molecule is COc1cc2ncccc2cc1NC(=O)/C(=C1\N=CC=CN1N)C(C)C. The molecular weight excluding hydrogens is 330 g/mol. The summed E-state index contributed by atoms with van der Waals surface area (Å²) in [6.07, 6.45) is 6.68. The van der Waals surface area contributed by atoms with Gasteiger partial charge in [-0.05, 0) is 24.1 Å². The first-order chi connectivity index (χ1) is 12.5. The smallest absolute Gasteiger partial charge is 0.255 e. The molecule has 7 nitrogen and oxygen atoms in total. The molecule has 1 amide bonds. The average molecular weight is 351 g/mol. The average Bonchev–Trinajstić information content (AvgIpc) is 2.62. The van der Waals surface area contributed by atoms with E-state index in [4.69, 9.17) is 10.6 Å². The van der Waals surface area contributed by atoms with Crippen molar-refractivity contribution in [1.82, 2.24) is 9.99 Å². The van der Waals surface area contributed by atoms with Crippen molar-refractivity contribution in [3.8, 4) is 5.75 Å². The molecule has 0 radical (unpaired) electrons. The van der Waals surface area contributed by atoms with Crippen molar-refractivity contribution in [1.29, 1.82) is 0 Å². The monoisotopic (exact) mass is 351 g/mol. The van der Waals surface area contributed by atoms with E-state index in [1.165, 1.54) is 5.01 Å². The van der Waals surface area contributed by atoms with Crippen LogP contribution in [0.2, 0.25) is 0 Å². The highest BCUT2D eigenvalue weighted by molar-refractivity contribution is 6.06. The van der Waals surface area contributed by atoms with Gasteiger partial charge in [-0.3, -0.25) is 14.8 Å². The number of aliphatic imine (C=N–C) groups is 1. The number of carbonyl (C=O) groups excluding carboxylic acids is 1. The summed E-state index contributed by atoms with van der Waals surface area (Å²) in [6, 6.07) is 7.41. The summed E-state index contributed by atoms with van der Waals surface area (Å²) in [4.78, 5) is 21.5. The Morgan fingerprint density at radius 1 is 1.35 bits per heavy atom. The second-order valence-corrected chi connectivity index (χ2v) is 6.12. The van der Waals surface area contributed by atoms with Crippen molar-refractivity contribution in [2.24, 2.45) is 16.8 Å². The lowest BCUT2D eigenvalue weighted by Gasteiger charge is -2.22. The highest BCUT2D eigenvalue weighted by Crippen LogP contribution is 2.30. The van der Waals surface area contributed by atoms with Crippen LogP contribution in [-0.4, -0.2) is 29.2 Å². The third-order valence-electron chi connectivity index (χ3n) is 4.01. The number of ether oxygens (including phenoxy) is 1.